The molecule has 0 saturated carbocycles. The number of rotatable bonds is 6. The zero-order chi connectivity index (χ0) is 18.0. The predicted molar refractivity (Wildman–Crippen MR) is 90.3 cm³/mol. The summed E-state index contributed by atoms with van der Waals surface area (Å²) in [7, 11) is 0. The minimum atomic E-state index is -0.232. The molecule has 9 nitrogen and oxygen atoms in total. The summed E-state index contributed by atoms with van der Waals surface area (Å²) in [5.74, 6) is 1.60. The van der Waals surface area contributed by atoms with E-state index < -0.39 is 0 Å². The second-order valence-electron chi connectivity index (χ2n) is 7.00. The van der Waals surface area contributed by atoms with E-state index in [4.69, 9.17) is 4.52 Å². The van der Waals surface area contributed by atoms with Crippen molar-refractivity contribution in [3.05, 3.63) is 12.2 Å². The summed E-state index contributed by atoms with van der Waals surface area (Å²) >= 11 is 0. The van der Waals surface area contributed by atoms with E-state index >= 15 is 0 Å². The molecule has 1 aliphatic heterocycles. The van der Waals surface area contributed by atoms with E-state index in [1.165, 1.54) is 6.33 Å². The third kappa shape index (κ3) is 3.71. The summed E-state index contributed by atoms with van der Waals surface area (Å²) in [6.07, 6.45) is 3.19. The van der Waals surface area contributed by atoms with E-state index in [-0.39, 0.29) is 30.0 Å². The van der Waals surface area contributed by atoms with Crippen molar-refractivity contribution in [3.63, 3.8) is 0 Å². The number of aromatic nitrogens is 5. The summed E-state index contributed by atoms with van der Waals surface area (Å²) in [6.45, 7) is 9.02. The molecule has 0 bridgehead atoms. The first-order valence-corrected chi connectivity index (χ1v) is 8.73. The van der Waals surface area contributed by atoms with Gasteiger partial charge in [-0.15, -0.1) is 0 Å². The maximum atomic E-state index is 12.7. The molecular formula is C16H25N7O2. The number of aromatic amines is 1. The van der Waals surface area contributed by atoms with Gasteiger partial charge in [-0.25, -0.2) is 4.98 Å². The first kappa shape index (κ1) is 17.5. The third-order valence-corrected chi connectivity index (χ3v) is 4.48. The third-order valence-electron chi connectivity index (χ3n) is 4.48. The van der Waals surface area contributed by atoms with Gasteiger partial charge in [-0.3, -0.25) is 15.2 Å². The quantitative estimate of drug-likeness (QED) is 0.815. The van der Waals surface area contributed by atoms with Crippen molar-refractivity contribution >= 4 is 5.91 Å². The monoisotopic (exact) mass is 347 g/mol. The Morgan fingerprint density at radius 2 is 2.16 bits per heavy atom. The molecule has 1 aliphatic rings. The lowest BCUT2D eigenvalue weighted by Gasteiger charge is -2.37. The van der Waals surface area contributed by atoms with Crippen molar-refractivity contribution in [3.8, 4) is 11.6 Å². The van der Waals surface area contributed by atoms with Gasteiger partial charge in [0.25, 0.3) is 0 Å². The Hall–Kier alpha value is -2.29. The Morgan fingerprint density at radius 1 is 1.36 bits per heavy atom. The van der Waals surface area contributed by atoms with Gasteiger partial charge in [-0.2, -0.15) is 10.1 Å². The van der Waals surface area contributed by atoms with Gasteiger partial charge in [-0.1, -0.05) is 19.0 Å². The summed E-state index contributed by atoms with van der Waals surface area (Å²) in [4.78, 5) is 23.1. The second-order valence-corrected chi connectivity index (χ2v) is 7.00. The highest BCUT2D eigenvalue weighted by atomic mass is 16.5. The molecule has 0 aromatic carbocycles. The largest absolute Gasteiger partial charge is 0.339 e. The molecule has 2 aromatic heterocycles. The molecule has 0 radical (unpaired) electrons. The highest BCUT2D eigenvalue weighted by Gasteiger charge is 2.34. The van der Waals surface area contributed by atoms with Gasteiger partial charge in [-0.05, 0) is 32.6 Å². The first-order valence-electron chi connectivity index (χ1n) is 8.73. The Balaban J connectivity index is 1.77. The Morgan fingerprint density at radius 3 is 2.80 bits per heavy atom. The van der Waals surface area contributed by atoms with Crippen LogP contribution in [0.15, 0.2) is 10.9 Å². The van der Waals surface area contributed by atoms with Crippen LogP contribution >= 0.6 is 0 Å². The highest BCUT2D eigenvalue weighted by molar-refractivity contribution is 5.82. The average molecular weight is 347 g/mol. The lowest BCUT2D eigenvalue weighted by atomic mass is 9.98. The fraction of sp³-hybridized carbons (Fsp3) is 0.688. The van der Waals surface area contributed by atoms with Crippen LogP contribution in [0, 0.1) is 5.92 Å². The number of hydrogen-bond donors (Lipinski definition) is 2. The number of nitrogens with one attached hydrogen (secondary N) is 2. The van der Waals surface area contributed by atoms with Crippen LogP contribution in [0.3, 0.4) is 0 Å². The van der Waals surface area contributed by atoms with Crippen molar-refractivity contribution in [2.24, 2.45) is 5.92 Å². The highest BCUT2D eigenvalue weighted by Crippen LogP contribution is 2.25. The van der Waals surface area contributed by atoms with Crippen molar-refractivity contribution in [2.75, 3.05) is 6.54 Å². The van der Waals surface area contributed by atoms with Crippen LogP contribution in [0.5, 0.6) is 0 Å². The van der Waals surface area contributed by atoms with Crippen LogP contribution in [0.1, 0.15) is 52.5 Å². The second kappa shape index (κ2) is 7.30. The minimum Gasteiger partial charge on any atom is -0.339 e. The number of carbonyl (C=O) groups is 1. The number of piperidine rings is 1. The van der Waals surface area contributed by atoms with Gasteiger partial charge >= 0.3 is 0 Å². The number of hydrogen-bond acceptors (Lipinski definition) is 7. The molecule has 136 valence electrons. The van der Waals surface area contributed by atoms with Crippen LogP contribution in [-0.4, -0.2) is 54.8 Å². The van der Waals surface area contributed by atoms with Crippen molar-refractivity contribution in [2.45, 2.75) is 58.7 Å². The van der Waals surface area contributed by atoms with E-state index in [2.05, 4.69) is 44.5 Å². The molecule has 3 rings (SSSR count). The Kier molecular flexibility index (Phi) is 5.12. The number of amides is 1. The maximum Gasteiger partial charge on any atom is 0.244 e. The molecule has 1 amide bonds. The van der Waals surface area contributed by atoms with Crippen LogP contribution < -0.4 is 5.32 Å². The van der Waals surface area contributed by atoms with E-state index in [0.717, 1.165) is 19.4 Å². The lowest BCUT2D eigenvalue weighted by molar-refractivity contribution is -0.138. The number of likely N-dealkylation sites (tertiary alicyclic amines) is 1. The van der Waals surface area contributed by atoms with E-state index in [1.54, 1.807) is 0 Å². The number of H-pyrrole nitrogens is 1. The smallest absolute Gasteiger partial charge is 0.244 e. The predicted octanol–water partition coefficient (Wildman–Crippen LogP) is 1.54. The fourth-order valence-electron chi connectivity index (χ4n) is 3.10. The van der Waals surface area contributed by atoms with Crippen LogP contribution in [0.4, 0.5) is 0 Å². The summed E-state index contributed by atoms with van der Waals surface area (Å²) in [5, 5.41) is 13.9. The van der Waals surface area contributed by atoms with Crippen molar-refractivity contribution in [1.82, 2.24) is 35.5 Å². The fourth-order valence-corrected chi connectivity index (χ4v) is 3.10. The molecule has 0 spiro atoms. The van der Waals surface area contributed by atoms with Gasteiger partial charge in [0.2, 0.25) is 17.6 Å². The molecule has 9 heteroatoms. The van der Waals surface area contributed by atoms with E-state index in [9.17, 15) is 4.79 Å². The average Bonchev–Trinajstić information content (AvgIpc) is 3.24. The molecule has 2 aromatic rings. The van der Waals surface area contributed by atoms with Gasteiger partial charge in [0.05, 0.1) is 12.1 Å². The SMILES string of the molecule is CC(C)[C@H](N[C@@H]1CCCN(C(C)C)C1=O)c1nc(-c2ncn[nH]2)no1. The Labute approximate surface area is 146 Å². The van der Waals surface area contributed by atoms with Gasteiger partial charge in [0.15, 0.2) is 5.82 Å². The van der Waals surface area contributed by atoms with Crippen LogP contribution in [-0.2, 0) is 4.79 Å². The van der Waals surface area contributed by atoms with Gasteiger partial charge in [0.1, 0.15) is 6.33 Å². The number of nitrogens with zero attached hydrogens (tertiary/aromatic N) is 5. The summed E-state index contributed by atoms with van der Waals surface area (Å²) in [6, 6.07) is -0.231. The molecule has 1 saturated heterocycles. The first-order chi connectivity index (χ1) is 12.0. The molecule has 1 fully saturated rings. The molecule has 0 unspecified atom stereocenters. The zero-order valence-corrected chi connectivity index (χ0v) is 15.1. The molecular weight excluding hydrogens is 322 g/mol. The maximum absolute atomic E-state index is 12.7. The Bertz CT molecular complexity index is 695. The summed E-state index contributed by atoms with van der Waals surface area (Å²) < 4.78 is 5.43. The lowest BCUT2D eigenvalue weighted by Crippen LogP contribution is -2.54. The van der Waals surface area contributed by atoms with Crippen molar-refractivity contribution < 1.29 is 9.32 Å². The van der Waals surface area contributed by atoms with E-state index in [1.807, 2.05) is 18.7 Å². The van der Waals surface area contributed by atoms with Gasteiger partial charge < -0.3 is 9.42 Å². The molecule has 3 heterocycles. The van der Waals surface area contributed by atoms with Crippen LogP contribution in [0.25, 0.3) is 11.6 Å². The zero-order valence-electron chi connectivity index (χ0n) is 15.1. The molecule has 2 N–H and O–H groups in total. The number of carbonyl (C=O) groups excluding carboxylic acids is 1. The molecule has 2 atom stereocenters. The summed E-state index contributed by atoms with van der Waals surface area (Å²) in [5.41, 5.74) is 0. The van der Waals surface area contributed by atoms with Crippen LogP contribution in [0.2, 0.25) is 0 Å². The van der Waals surface area contributed by atoms with E-state index in [0.29, 0.717) is 17.5 Å². The molecule has 0 aliphatic carbocycles. The topological polar surface area (TPSA) is 113 Å². The standard InChI is InChI=1S/C16H25N7O2/c1-9(2)12(15-20-14(22-25-15)13-17-8-18-21-13)19-11-6-5-7-23(10(3)4)16(11)24/h8-12,19H,5-7H2,1-4H3,(H,17,18,21)/t11-,12+/m1/s1. The van der Waals surface area contributed by atoms with Gasteiger partial charge in [0, 0.05) is 12.6 Å². The van der Waals surface area contributed by atoms with Crippen molar-refractivity contribution in [1.29, 1.82) is 0 Å². The minimum absolute atomic E-state index is 0.141. The normalized spacial score (nSPS) is 19.8. The molecule has 25 heavy (non-hydrogen) atoms.